The van der Waals surface area contributed by atoms with Gasteiger partial charge in [-0.2, -0.15) is 0 Å². The van der Waals surface area contributed by atoms with E-state index in [9.17, 15) is 25.0 Å². The van der Waals surface area contributed by atoms with Crippen molar-refractivity contribution in [3.8, 4) is 0 Å². The van der Waals surface area contributed by atoms with Crippen LogP contribution in [0.5, 0.6) is 0 Å². The largest absolute Gasteiger partial charge is 0.481 e. The summed E-state index contributed by atoms with van der Waals surface area (Å²) < 4.78 is 0. The van der Waals surface area contributed by atoms with E-state index >= 15 is 0 Å². The van der Waals surface area contributed by atoms with Crippen molar-refractivity contribution in [2.45, 2.75) is 4.90 Å². The van der Waals surface area contributed by atoms with Crippen molar-refractivity contribution in [3.05, 3.63) is 38.4 Å². The molecule has 0 aliphatic carbocycles. The minimum Gasteiger partial charge on any atom is -0.481 e. The quantitative estimate of drug-likeness (QED) is 0.219. The van der Waals surface area contributed by atoms with Crippen LogP contribution in [0.25, 0.3) is 0 Å². The number of aliphatic carboxylic acids is 1. The number of thioether (sulfide) groups is 1. The number of nitrogens with zero attached hydrogens (tertiary/aromatic N) is 3. The Balaban J connectivity index is 0.000000580. The molecule has 1 aromatic carbocycles. The first-order valence-corrected chi connectivity index (χ1v) is 8.57. The zero-order chi connectivity index (χ0) is 20.8. The van der Waals surface area contributed by atoms with Crippen molar-refractivity contribution >= 4 is 29.1 Å². The third-order valence-electron chi connectivity index (χ3n) is 2.95. The number of nitro groups is 2. The van der Waals surface area contributed by atoms with E-state index in [1.54, 1.807) is 4.90 Å². The lowest BCUT2D eigenvalue weighted by molar-refractivity contribution is -0.396. The Hall–Kier alpha value is -2.32. The van der Waals surface area contributed by atoms with Crippen molar-refractivity contribution in [2.75, 3.05) is 45.2 Å². The average Bonchev–Trinajstić information content (AvgIpc) is 2.60. The number of carboxylic acids is 1. The van der Waals surface area contributed by atoms with Crippen LogP contribution in [0.1, 0.15) is 0 Å². The molecule has 0 saturated heterocycles. The minimum absolute atomic E-state index is 0.0694. The normalized spacial score (nSPS) is 10.2. The lowest BCUT2D eigenvalue weighted by atomic mass is 10.3. The number of hydrogen-bond acceptors (Lipinski definition) is 10. The maximum Gasteiger partial charge on any atom is 0.313 e. The van der Waals surface area contributed by atoms with Gasteiger partial charge in [0.1, 0.15) is 0 Å². The summed E-state index contributed by atoms with van der Waals surface area (Å²) in [6.07, 6.45) is 0. The Bertz CT molecular complexity index is 616. The smallest absolute Gasteiger partial charge is 0.313 e. The summed E-state index contributed by atoms with van der Waals surface area (Å²) in [5.41, 5.74) is -0.873. The predicted octanol–water partition coefficient (Wildman–Crippen LogP) is -0.0550. The van der Waals surface area contributed by atoms with E-state index in [1.807, 2.05) is 0 Å². The van der Waals surface area contributed by atoms with Gasteiger partial charge in [0.15, 0.2) is 0 Å². The number of carboxylic acid groups (broad SMARTS) is 1. The summed E-state index contributed by atoms with van der Waals surface area (Å²) >= 11 is 0.740. The maximum absolute atomic E-state index is 10.7. The van der Waals surface area contributed by atoms with Gasteiger partial charge < -0.3 is 20.4 Å². The zero-order valence-electron chi connectivity index (χ0n) is 14.3. The topological polar surface area (TPSA) is 188 Å². The Labute approximate surface area is 158 Å². The van der Waals surface area contributed by atoms with Gasteiger partial charge >= 0.3 is 5.97 Å². The number of aliphatic hydroxyl groups excluding tert-OH is 3. The molecule has 4 N–H and O–H groups in total. The molecule has 0 saturated carbocycles. The van der Waals surface area contributed by atoms with Crippen LogP contribution in [0.2, 0.25) is 0 Å². The molecule has 0 aliphatic heterocycles. The van der Waals surface area contributed by atoms with Gasteiger partial charge in [-0.05, 0) is 6.07 Å². The summed E-state index contributed by atoms with van der Waals surface area (Å²) in [4.78, 5) is 31.8. The second-order valence-electron chi connectivity index (χ2n) is 4.86. The molecule has 0 fully saturated rings. The highest BCUT2D eigenvalue weighted by molar-refractivity contribution is 8.00. The van der Waals surface area contributed by atoms with Crippen molar-refractivity contribution in [1.29, 1.82) is 0 Å². The van der Waals surface area contributed by atoms with Crippen LogP contribution < -0.4 is 0 Å². The maximum atomic E-state index is 10.7. The molecule has 12 nitrogen and oxygen atoms in total. The monoisotopic (exact) mass is 407 g/mol. The predicted molar refractivity (Wildman–Crippen MR) is 95.8 cm³/mol. The van der Waals surface area contributed by atoms with E-state index < -0.39 is 27.2 Å². The molecule has 0 atom stereocenters. The number of hydrogen-bond donors (Lipinski definition) is 4. The van der Waals surface area contributed by atoms with E-state index in [2.05, 4.69) is 0 Å². The number of non-ortho nitro benzene ring substituents is 1. The molecule has 0 spiro atoms. The van der Waals surface area contributed by atoms with Crippen LogP contribution in [0.3, 0.4) is 0 Å². The van der Waals surface area contributed by atoms with Gasteiger partial charge in [-0.3, -0.25) is 29.9 Å². The van der Waals surface area contributed by atoms with Crippen molar-refractivity contribution in [1.82, 2.24) is 4.90 Å². The van der Waals surface area contributed by atoms with E-state index in [0.717, 1.165) is 23.9 Å². The van der Waals surface area contributed by atoms with Crippen LogP contribution in [0.15, 0.2) is 23.1 Å². The molecule has 0 amide bonds. The number of aliphatic hydroxyl groups is 3. The van der Waals surface area contributed by atoms with Crippen LogP contribution in [-0.4, -0.2) is 86.3 Å². The fourth-order valence-corrected chi connectivity index (χ4v) is 2.51. The van der Waals surface area contributed by atoms with Gasteiger partial charge in [-0.15, -0.1) is 11.8 Å². The van der Waals surface area contributed by atoms with Gasteiger partial charge in [0.05, 0.1) is 46.4 Å². The third kappa shape index (κ3) is 10.4. The zero-order valence-corrected chi connectivity index (χ0v) is 15.1. The molecule has 0 aromatic heterocycles. The Morgan fingerprint density at radius 1 is 1.00 bits per heavy atom. The first kappa shape index (κ1) is 24.7. The van der Waals surface area contributed by atoms with E-state index in [1.165, 1.54) is 6.07 Å². The molecule has 13 heteroatoms. The van der Waals surface area contributed by atoms with Crippen molar-refractivity contribution < 1.29 is 35.1 Å². The lowest BCUT2D eigenvalue weighted by Crippen LogP contribution is -2.32. The molecular weight excluding hydrogens is 386 g/mol. The van der Waals surface area contributed by atoms with Crippen LogP contribution in [0, 0.1) is 20.2 Å². The second-order valence-corrected chi connectivity index (χ2v) is 5.88. The van der Waals surface area contributed by atoms with Crippen molar-refractivity contribution in [3.63, 3.8) is 0 Å². The van der Waals surface area contributed by atoms with Crippen LogP contribution in [0.4, 0.5) is 11.4 Å². The Kier molecular flexibility index (Phi) is 12.6. The number of rotatable bonds is 11. The summed E-state index contributed by atoms with van der Waals surface area (Å²) in [7, 11) is 0. The molecule has 0 radical (unpaired) electrons. The Morgan fingerprint density at radius 3 is 1.89 bits per heavy atom. The molecular formula is C14H21N3O9S. The molecule has 0 aliphatic rings. The SMILES string of the molecule is O=C(O)CSc1ccc([N+](=O)[O-])cc1[N+](=O)[O-].OCCN(CCO)CCO. The molecule has 27 heavy (non-hydrogen) atoms. The van der Waals surface area contributed by atoms with Crippen LogP contribution in [-0.2, 0) is 4.79 Å². The highest BCUT2D eigenvalue weighted by atomic mass is 32.2. The highest BCUT2D eigenvalue weighted by Crippen LogP contribution is 2.32. The molecule has 0 heterocycles. The fourth-order valence-electron chi connectivity index (χ4n) is 1.78. The van der Waals surface area contributed by atoms with Gasteiger partial charge in [0.2, 0.25) is 0 Å². The van der Waals surface area contributed by atoms with Gasteiger partial charge in [0.25, 0.3) is 11.4 Å². The molecule has 152 valence electrons. The summed E-state index contributed by atoms with van der Waals surface area (Å²) in [5.74, 6) is -1.47. The summed E-state index contributed by atoms with van der Waals surface area (Å²) in [6, 6.07) is 3.07. The average molecular weight is 407 g/mol. The van der Waals surface area contributed by atoms with E-state index in [-0.39, 0.29) is 30.5 Å². The second kappa shape index (κ2) is 13.8. The molecule has 1 aromatic rings. The number of nitro benzene ring substituents is 2. The highest BCUT2D eigenvalue weighted by Gasteiger charge is 2.20. The summed E-state index contributed by atoms with van der Waals surface area (Å²) in [5, 5.41) is 55.0. The third-order valence-corrected chi connectivity index (χ3v) is 4.00. The first-order chi connectivity index (χ1) is 12.8. The summed E-state index contributed by atoms with van der Waals surface area (Å²) in [6.45, 7) is 1.75. The van der Waals surface area contributed by atoms with E-state index in [4.69, 9.17) is 20.4 Å². The Morgan fingerprint density at radius 2 is 1.52 bits per heavy atom. The van der Waals surface area contributed by atoms with Gasteiger partial charge in [0, 0.05) is 25.7 Å². The molecule has 0 unspecified atom stereocenters. The molecule has 0 bridgehead atoms. The fraction of sp³-hybridized carbons (Fsp3) is 0.500. The first-order valence-electron chi connectivity index (χ1n) is 7.59. The van der Waals surface area contributed by atoms with Crippen LogP contribution >= 0.6 is 11.8 Å². The van der Waals surface area contributed by atoms with Crippen molar-refractivity contribution in [2.24, 2.45) is 0 Å². The van der Waals surface area contributed by atoms with Gasteiger partial charge in [-0.1, -0.05) is 0 Å². The van der Waals surface area contributed by atoms with E-state index in [0.29, 0.717) is 19.6 Å². The standard InChI is InChI=1S/C8H6N2O6S.C6H15NO3/c11-8(12)4-17-7-2-1-5(9(13)14)3-6(7)10(15)16;8-4-1-7(2-5-9)3-6-10/h1-3H,4H2,(H,11,12);8-10H,1-6H2. The number of carbonyl (C=O) groups is 1. The molecule has 1 rings (SSSR count). The number of benzene rings is 1. The lowest BCUT2D eigenvalue weighted by Gasteiger charge is -2.17. The minimum atomic E-state index is -1.12. The van der Waals surface area contributed by atoms with Gasteiger partial charge in [-0.25, -0.2) is 0 Å².